The number of piperidine rings is 1. The zero-order valence-corrected chi connectivity index (χ0v) is 35.9. The average molecular weight is 841 g/mol. The molecule has 6 aliphatic rings. The predicted octanol–water partition coefficient (Wildman–Crippen LogP) is 3.81. The third-order valence-electron chi connectivity index (χ3n) is 14.1. The molecule has 1 saturated carbocycles. The average Bonchev–Trinajstić information content (AvgIpc) is 3.93. The molecule has 13 heteroatoms. The fourth-order valence-corrected chi connectivity index (χ4v) is 10.7. The van der Waals surface area contributed by atoms with Crippen LogP contribution < -0.4 is 24.8 Å². The molecule has 2 aromatic carbocycles. The van der Waals surface area contributed by atoms with Crippen molar-refractivity contribution in [2.45, 2.75) is 115 Å². The topological polar surface area (TPSA) is 174 Å². The Morgan fingerprint density at radius 1 is 1.10 bits per heavy atom. The molecular formula is C48H60N2O11. The van der Waals surface area contributed by atoms with Crippen LogP contribution in [0.4, 0.5) is 0 Å². The zero-order chi connectivity index (χ0) is 43.0. The molecule has 0 aromatic heterocycles. The maximum atomic E-state index is 14.1. The number of aliphatic hydroxyl groups is 3. The number of carbonyl (C=O) groups excluding carboxylic acids is 3. The second kappa shape index (κ2) is 18.1. The Hall–Kier alpha value is -4.40. The summed E-state index contributed by atoms with van der Waals surface area (Å²) in [5.74, 6) is -1.30. The van der Waals surface area contributed by atoms with Crippen LogP contribution in [0.5, 0.6) is 17.2 Å². The van der Waals surface area contributed by atoms with E-state index in [0.717, 1.165) is 66.0 Å². The van der Waals surface area contributed by atoms with Crippen molar-refractivity contribution in [1.29, 1.82) is 0 Å². The standard InChI is InChI=1S/C48H60N2O11/c1-5-32-21-31(13-16-50(32)15-7-17-57-4)48(3,56)40-22-35-43(60-40)37(25-53)45-42-41(36(24-52)46(61-45)47(55)58-6-2)30-10-11-39(54)34(19-30)33-18-29-12-14-49-38(29)20-28(33)9-8-27(23-51)26-59-44(35)42/h12,18,20,24,27,31-32,34,40,51,53,56H,5-11,13-17,19,21-23,25-26H2,1-4H3/t27-,31-,32-,34-,40+,48-/m1/s1. The van der Waals surface area contributed by atoms with Crippen molar-refractivity contribution in [3.05, 3.63) is 67.4 Å². The molecule has 1 aliphatic carbocycles. The lowest BCUT2D eigenvalue weighted by Crippen LogP contribution is -2.54. The van der Waals surface area contributed by atoms with Crippen molar-refractivity contribution in [3.63, 3.8) is 0 Å². The lowest BCUT2D eigenvalue weighted by Gasteiger charge is -2.46. The lowest BCUT2D eigenvalue weighted by molar-refractivity contribution is -0.141. The molecule has 8 rings (SSSR count). The number of likely N-dealkylation sites (tertiary alicyclic amines) is 1. The third-order valence-corrected chi connectivity index (χ3v) is 14.1. The van der Waals surface area contributed by atoms with Gasteiger partial charge >= 0.3 is 5.97 Å². The minimum Gasteiger partial charge on any atom is -0.492 e. The molecule has 2 fully saturated rings. The van der Waals surface area contributed by atoms with Gasteiger partial charge in [-0.25, -0.2) is 4.79 Å². The molecule has 0 radical (unpaired) electrons. The first-order chi connectivity index (χ1) is 29.6. The predicted molar refractivity (Wildman–Crippen MR) is 226 cm³/mol. The minimum absolute atomic E-state index is 0.0242. The quantitative estimate of drug-likeness (QED) is 0.161. The van der Waals surface area contributed by atoms with E-state index in [9.17, 15) is 29.7 Å². The van der Waals surface area contributed by atoms with Gasteiger partial charge in [0.1, 0.15) is 34.7 Å². The Balaban J connectivity index is 1.28. The van der Waals surface area contributed by atoms with Crippen LogP contribution in [0.2, 0.25) is 0 Å². The largest absolute Gasteiger partial charge is 0.492 e. The number of aliphatic hydroxyl groups excluding tert-OH is 2. The number of rotatable bonds is 12. The van der Waals surface area contributed by atoms with E-state index in [1.165, 1.54) is 0 Å². The highest BCUT2D eigenvalue weighted by Crippen LogP contribution is 2.57. The van der Waals surface area contributed by atoms with Crippen molar-refractivity contribution >= 4 is 29.7 Å². The van der Waals surface area contributed by atoms with Crippen LogP contribution in [0, 0.1) is 11.8 Å². The molecule has 3 N–H and O–H groups in total. The van der Waals surface area contributed by atoms with Crippen molar-refractivity contribution in [2.24, 2.45) is 16.8 Å². The second-order valence-corrected chi connectivity index (χ2v) is 17.6. The number of ketones is 1. The van der Waals surface area contributed by atoms with Gasteiger partial charge in [0.15, 0.2) is 6.29 Å². The second-order valence-electron chi connectivity index (χ2n) is 17.6. The van der Waals surface area contributed by atoms with Gasteiger partial charge in [-0.05, 0) is 106 Å². The van der Waals surface area contributed by atoms with Gasteiger partial charge in [0, 0.05) is 68.7 Å². The molecule has 6 atom stereocenters. The van der Waals surface area contributed by atoms with E-state index >= 15 is 0 Å². The molecule has 2 bridgehead atoms. The van der Waals surface area contributed by atoms with Gasteiger partial charge in [0.2, 0.25) is 5.76 Å². The molecular weight excluding hydrogens is 781 g/mol. The number of Topliss-reactive ketones (excluding diaryl/α,β-unsaturated/α-hetero) is 1. The van der Waals surface area contributed by atoms with Crippen molar-refractivity contribution < 1.29 is 53.4 Å². The van der Waals surface area contributed by atoms with Gasteiger partial charge in [-0.3, -0.25) is 14.6 Å². The Morgan fingerprint density at radius 2 is 1.93 bits per heavy atom. The number of methoxy groups -OCH3 is 1. The van der Waals surface area contributed by atoms with Crippen LogP contribution in [-0.2, 0) is 43.3 Å². The molecule has 328 valence electrons. The van der Waals surface area contributed by atoms with E-state index in [0.29, 0.717) is 66.9 Å². The number of benzene rings is 2. The van der Waals surface area contributed by atoms with Crippen LogP contribution in [0.15, 0.2) is 34.0 Å². The highest BCUT2D eigenvalue weighted by Gasteiger charge is 2.50. The van der Waals surface area contributed by atoms with Crippen molar-refractivity contribution in [1.82, 2.24) is 4.90 Å². The van der Waals surface area contributed by atoms with Gasteiger partial charge < -0.3 is 43.9 Å². The van der Waals surface area contributed by atoms with Gasteiger partial charge in [-0.15, -0.1) is 0 Å². The maximum absolute atomic E-state index is 14.1. The molecule has 13 nitrogen and oxygen atoms in total. The molecule has 5 aliphatic heterocycles. The normalized spacial score (nSPS) is 25.7. The smallest absolute Gasteiger partial charge is 0.375 e. The molecule has 61 heavy (non-hydrogen) atoms. The first kappa shape index (κ1) is 43.3. The number of carbonyl (C=O) groups is 3. The number of aldehydes is 1. The first-order valence-electron chi connectivity index (χ1n) is 22.2. The van der Waals surface area contributed by atoms with Gasteiger partial charge in [0.25, 0.3) is 0 Å². The number of aryl methyl sites for hydroxylation is 1. The fraction of sp³-hybridized carbons (Fsp3) is 0.583. The summed E-state index contributed by atoms with van der Waals surface area (Å²) in [6.07, 6.45) is 7.50. The first-order valence-corrected chi connectivity index (χ1v) is 22.2. The summed E-state index contributed by atoms with van der Waals surface area (Å²) in [5, 5.41) is 36.5. The monoisotopic (exact) mass is 840 g/mol. The zero-order valence-electron chi connectivity index (χ0n) is 35.9. The Bertz CT molecular complexity index is 2260. The van der Waals surface area contributed by atoms with Gasteiger partial charge in [0.05, 0.1) is 48.4 Å². The maximum Gasteiger partial charge on any atom is 0.375 e. The van der Waals surface area contributed by atoms with Gasteiger partial charge in [-0.2, -0.15) is 0 Å². The Labute approximate surface area is 357 Å². The molecule has 5 heterocycles. The Morgan fingerprint density at radius 3 is 2.67 bits per heavy atom. The van der Waals surface area contributed by atoms with Crippen LogP contribution in [0.3, 0.4) is 0 Å². The summed E-state index contributed by atoms with van der Waals surface area (Å²) < 4.78 is 30.9. The molecule has 0 spiro atoms. The molecule has 0 amide bonds. The van der Waals surface area contributed by atoms with E-state index < -0.39 is 30.2 Å². The number of allylic oxidation sites excluding steroid dienone is 3. The molecule has 1 saturated heterocycles. The number of hydrogen-bond donors (Lipinski definition) is 3. The Kier molecular flexibility index (Phi) is 12.9. The number of hydrogen-bond acceptors (Lipinski definition) is 13. The van der Waals surface area contributed by atoms with E-state index in [4.69, 9.17) is 23.7 Å². The van der Waals surface area contributed by atoms with Crippen molar-refractivity contribution in [3.8, 4) is 17.2 Å². The summed E-state index contributed by atoms with van der Waals surface area (Å²) in [7, 11) is 1.72. The number of ether oxygens (including phenoxy) is 5. The summed E-state index contributed by atoms with van der Waals surface area (Å²) >= 11 is 0. The SMILES string of the molecule is CCOC(=O)C1=C(C=O)C2=C3CCC(=O)[C@H](C3)c3cc4c(cc3CC[C@H](CO)COc3c5c(c(CO)c(c32)O1)O[C@H]([C@](C)(O)[C@@H]1CCN(CCCOC)[C@H](CC)C1)C5)=NCC=4. The summed E-state index contributed by atoms with van der Waals surface area (Å²) in [5.41, 5.74) is 3.00. The number of fused-ring (bicyclic) bond motifs is 7. The van der Waals surface area contributed by atoms with Crippen LogP contribution >= 0.6 is 0 Å². The summed E-state index contributed by atoms with van der Waals surface area (Å²) in [4.78, 5) is 48.4. The highest BCUT2D eigenvalue weighted by atomic mass is 16.6. The van der Waals surface area contributed by atoms with Gasteiger partial charge in [-0.1, -0.05) is 18.6 Å². The molecule has 0 unspecified atom stereocenters. The van der Waals surface area contributed by atoms with E-state index in [1.807, 2.05) is 13.0 Å². The van der Waals surface area contributed by atoms with E-state index in [1.54, 1.807) is 14.0 Å². The van der Waals surface area contributed by atoms with Crippen LogP contribution in [0.1, 0.15) is 106 Å². The van der Waals surface area contributed by atoms with Crippen LogP contribution in [0.25, 0.3) is 11.6 Å². The summed E-state index contributed by atoms with van der Waals surface area (Å²) in [6.45, 7) is 8.08. The molecule has 2 aromatic rings. The van der Waals surface area contributed by atoms with E-state index in [2.05, 4.69) is 28.9 Å². The highest BCUT2D eigenvalue weighted by molar-refractivity contribution is 6.11. The summed E-state index contributed by atoms with van der Waals surface area (Å²) in [6, 6.07) is 4.41. The lowest BCUT2D eigenvalue weighted by atomic mass is 9.73. The fourth-order valence-electron chi connectivity index (χ4n) is 10.7. The number of nitrogens with zero attached hydrogens (tertiary/aromatic N) is 2. The van der Waals surface area contributed by atoms with Crippen LogP contribution in [-0.4, -0.2) is 109 Å². The third kappa shape index (κ3) is 7.97. The van der Waals surface area contributed by atoms with Crippen molar-refractivity contribution in [2.75, 3.05) is 53.2 Å². The minimum atomic E-state index is -1.29. The van der Waals surface area contributed by atoms with E-state index in [-0.39, 0.29) is 85.4 Å². The number of esters is 1.